The molecule has 5 nitrogen and oxygen atoms in total. The number of carbonyl (C=O) groups excluding carboxylic acids is 2. The van der Waals surface area contributed by atoms with Gasteiger partial charge in [-0.05, 0) is 52.8 Å². The lowest BCUT2D eigenvalue weighted by Crippen LogP contribution is -2.36. The highest BCUT2D eigenvalue weighted by atomic mass is 19.1. The van der Waals surface area contributed by atoms with Gasteiger partial charge in [0.05, 0.1) is 11.9 Å². The molecule has 1 aromatic heterocycles. The second kappa shape index (κ2) is 9.61. The summed E-state index contributed by atoms with van der Waals surface area (Å²) in [7, 11) is 0. The molecular weight excluding hydrogens is 419 g/mol. The Morgan fingerprint density at radius 3 is 2.21 bits per heavy atom. The predicted molar refractivity (Wildman–Crippen MR) is 126 cm³/mol. The third-order valence-corrected chi connectivity index (χ3v) is 5.56. The minimum Gasteiger partial charge on any atom is -0.348 e. The standard InChI is InChI=1S/C27H23FN2O3/c1-2-18-7-9-20(10-8-18)17-29-26(32)23-16-21-5-3-4-6-24(21)30(27(23)33)25(31)15-19-11-13-22(28)14-12-19/h3-14,16H,2,15,17H2,1H3,(H,29,32). The number of amides is 1. The van der Waals surface area contributed by atoms with E-state index in [9.17, 15) is 18.8 Å². The largest absolute Gasteiger partial charge is 0.348 e. The average molecular weight is 442 g/mol. The van der Waals surface area contributed by atoms with Gasteiger partial charge in [0.15, 0.2) is 0 Å². The molecule has 0 atom stereocenters. The Balaban J connectivity index is 1.65. The van der Waals surface area contributed by atoms with Crippen LogP contribution in [0.3, 0.4) is 0 Å². The van der Waals surface area contributed by atoms with Crippen LogP contribution in [0.2, 0.25) is 0 Å². The van der Waals surface area contributed by atoms with Gasteiger partial charge in [0, 0.05) is 6.54 Å². The van der Waals surface area contributed by atoms with Gasteiger partial charge in [-0.1, -0.05) is 61.5 Å². The number of para-hydroxylation sites is 1. The van der Waals surface area contributed by atoms with E-state index in [1.807, 2.05) is 24.3 Å². The molecule has 4 rings (SSSR count). The topological polar surface area (TPSA) is 68.2 Å². The zero-order valence-electron chi connectivity index (χ0n) is 18.2. The molecule has 0 unspecified atom stereocenters. The minimum atomic E-state index is -0.681. The summed E-state index contributed by atoms with van der Waals surface area (Å²) in [6.07, 6.45) is 0.828. The van der Waals surface area contributed by atoms with E-state index in [0.717, 1.165) is 16.6 Å². The van der Waals surface area contributed by atoms with E-state index >= 15 is 0 Å². The lowest BCUT2D eigenvalue weighted by molar-refractivity contribution is 0.0914. The molecule has 0 aliphatic rings. The Labute approximate surface area is 190 Å². The number of hydrogen-bond acceptors (Lipinski definition) is 3. The number of nitrogens with zero attached hydrogens (tertiary/aromatic N) is 1. The van der Waals surface area contributed by atoms with Crippen LogP contribution >= 0.6 is 0 Å². The fourth-order valence-electron chi connectivity index (χ4n) is 3.70. The van der Waals surface area contributed by atoms with Gasteiger partial charge in [-0.2, -0.15) is 0 Å². The molecule has 0 saturated carbocycles. The molecule has 0 saturated heterocycles. The highest BCUT2D eigenvalue weighted by Crippen LogP contribution is 2.15. The average Bonchev–Trinajstić information content (AvgIpc) is 2.83. The highest BCUT2D eigenvalue weighted by molar-refractivity contribution is 6.00. The number of halogens is 1. The molecule has 0 aliphatic heterocycles. The summed E-state index contributed by atoms with van der Waals surface area (Å²) in [5.41, 5.74) is 2.31. The van der Waals surface area contributed by atoms with Crippen LogP contribution in [-0.2, 0) is 19.4 Å². The van der Waals surface area contributed by atoms with Crippen molar-refractivity contribution in [2.75, 3.05) is 0 Å². The van der Waals surface area contributed by atoms with E-state index < -0.39 is 23.2 Å². The van der Waals surface area contributed by atoms with Crippen molar-refractivity contribution in [2.24, 2.45) is 0 Å². The van der Waals surface area contributed by atoms with Gasteiger partial charge in [-0.3, -0.25) is 14.4 Å². The van der Waals surface area contributed by atoms with E-state index in [0.29, 0.717) is 16.5 Å². The molecule has 166 valence electrons. The van der Waals surface area contributed by atoms with E-state index in [1.54, 1.807) is 24.3 Å². The maximum atomic E-state index is 13.2. The first-order valence-electron chi connectivity index (χ1n) is 10.7. The number of rotatable bonds is 6. The van der Waals surface area contributed by atoms with Crippen LogP contribution in [0, 0.1) is 5.82 Å². The monoisotopic (exact) mass is 442 g/mol. The number of fused-ring (bicyclic) bond motifs is 1. The first kappa shape index (κ1) is 22.1. The number of nitrogens with one attached hydrogen (secondary N) is 1. The van der Waals surface area contributed by atoms with Crippen molar-refractivity contribution in [1.82, 2.24) is 9.88 Å². The molecule has 1 heterocycles. The summed E-state index contributed by atoms with van der Waals surface area (Å²) in [6, 6.07) is 21.8. The molecule has 6 heteroatoms. The van der Waals surface area contributed by atoms with Gasteiger partial charge in [0.1, 0.15) is 11.4 Å². The van der Waals surface area contributed by atoms with Crippen LogP contribution in [0.5, 0.6) is 0 Å². The molecule has 3 aromatic carbocycles. The van der Waals surface area contributed by atoms with Crippen LogP contribution in [0.15, 0.2) is 83.7 Å². The molecule has 33 heavy (non-hydrogen) atoms. The third-order valence-electron chi connectivity index (χ3n) is 5.56. The number of aromatic nitrogens is 1. The van der Waals surface area contributed by atoms with Gasteiger partial charge >= 0.3 is 0 Å². The summed E-state index contributed by atoms with van der Waals surface area (Å²) >= 11 is 0. The smallest absolute Gasteiger partial charge is 0.270 e. The molecule has 0 bridgehead atoms. The summed E-state index contributed by atoms with van der Waals surface area (Å²) in [5.74, 6) is -1.45. The number of pyridine rings is 1. The minimum absolute atomic E-state index is 0.0982. The van der Waals surface area contributed by atoms with Crippen LogP contribution in [0.4, 0.5) is 4.39 Å². The molecule has 1 N–H and O–H groups in total. The number of hydrogen-bond donors (Lipinski definition) is 1. The normalized spacial score (nSPS) is 10.8. The van der Waals surface area contributed by atoms with Gasteiger partial charge in [0.2, 0.25) is 5.91 Å². The van der Waals surface area contributed by atoms with E-state index in [4.69, 9.17) is 0 Å². The Hall–Kier alpha value is -4.06. The zero-order valence-corrected chi connectivity index (χ0v) is 18.2. The van der Waals surface area contributed by atoms with Crippen LogP contribution < -0.4 is 10.9 Å². The molecule has 0 spiro atoms. The van der Waals surface area contributed by atoms with Crippen LogP contribution in [-0.4, -0.2) is 16.4 Å². The fraction of sp³-hybridized carbons (Fsp3) is 0.148. The molecule has 4 aromatic rings. The molecule has 0 radical (unpaired) electrons. The second-order valence-electron chi connectivity index (χ2n) is 7.81. The first-order chi connectivity index (χ1) is 16.0. The van der Waals surface area contributed by atoms with E-state index in [1.165, 1.54) is 35.9 Å². The maximum absolute atomic E-state index is 13.2. The van der Waals surface area contributed by atoms with Crippen molar-refractivity contribution in [3.63, 3.8) is 0 Å². The van der Waals surface area contributed by atoms with E-state index in [-0.39, 0.29) is 18.5 Å². The Bertz CT molecular complexity index is 1370. The highest BCUT2D eigenvalue weighted by Gasteiger charge is 2.19. The summed E-state index contributed by atoms with van der Waals surface area (Å²) < 4.78 is 14.2. The van der Waals surface area contributed by atoms with Crippen molar-refractivity contribution in [3.05, 3.63) is 117 Å². The van der Waals surface area contributed by atoms with Crippen LogP contribution in [0.1, 0.15) is 38.8 Å². The Morgan fingerprint density at radius 1 is 0.879 bits per heavy atom. The van der Waals surface area contributed by atoms with E-state index in [2.05, 4.69) is 12.2 Å². The molecule has 0 fully saturated rings. The molecule has 1 amide bonds. The third kappa shape index (κ3) is 4.90. The van der Waals surface area contributed by atoms with Crippen molar-refractivity contribution < 1.29 is 14.0 Å². The lowest BCUT2D eigenvalue weighted by atomic mass is 10.1. The summed E-state index contributed by atoms with van der Waals surface area (Å²) in [5, 5.41) is 3.37. The van der Waals surface area contributed by atoms with Gasteiger partial charge in [-0.15, -0.1) is 0 Å². The quantitative estimate of drug-likeness (QED) is 0.478. The first-order valence-corrected chi connectivity index (χ1v) is 10.7. The Morgan fingerprint density at radius 2 is 1.52 bits per heavy atom. The summed E-state index contributed by atoms with van der Waals surface area (Å²) in [4.78, 5) is 39.2. The molecular formula is C27H23FN2O3. The zero-order chi connectivity index (χ0) is 23.4. The Kier molecular flexibility index (Phi) is 6.45. The second-order valence-corrected chi connectivity index (χ2v) is 7.81. The van der Waals surface area contributed by atoms with Gasteiger partial charge < -0.3 is 5.32 Å². The van der Waals surface area contributed by atoms with Crippen molar-refractivity contribution in [3.8, 4) is 0 Å². The van der Waals surface area contributed by atoms with Gasteiger partial charge in [-0.25, -0.2) is 8.96 Å². The summed E-state index contributed by atoms with van der Waals surface area (Å²) in [6.45, 7) is 2.33. The number of benzene rings is 3. The van der Waals surface area contributed by atoms with Gasteiger partial charge in [0.25, 0.3) is 11.5 Å². The fourth-order valence-corrected chi connectivity index (χ4v) is 3.70. The number of carbonyl (C=O) groups is 2. The lowest BCUT2D eigenvalue weighted by Gasteiger charge is -2.12. The maximum Gasteiger partial charge on any atom is 0.270 e. The predicted octanol–water partition coefficient (Wildman–Crippen LogP) is 4.52. The molecule has 0 aliphatic carbocycles. The SMILES string of the molecule is CCc1ccc(CNC(=O)c2cc3ccccc3n(C(=O)Cc3ccc(F)cc3)c2=O)cc1. The van der Waals surface area contributed by atoms with Crippen molar-refractivity contribution in [2.45, 2.75) is 26.3 Å². The van der Waals surface area contributed by atoms with Crippen molar-refractivity contribution in [1.29, 1.82) is 0 Å². The van der Waals surface area contributed by atoms with Crippen molar-refractivity contribution >= 4 is 22.7 Å². The van der Waals surface area contributed by atoms with Crippen LogP contribution in [0.25, 0.3) is 10.9 Å². The number of aryl methyl sites for hydroxylation is 1.